The highest BCUT2D eigenvalue weighted by atomic mass is 35.5. The minimum Gasteiger partial charge on any atom is -0.394 e. The predicted molar refractivity (Wildman–Crippen MR) is 108 cm³/mol. The second kappa shape index (κ2) is 9.30. The Bertz CT molecular complexity index is 847. The summed E-state index contributed by atoms with van der Waals surface area (Å²) in [5, 5.41) is 27.6. The van der Waals surface area contributed by atoms with Gasteiger partial charge in [-0.25, -0.2) is 4.68 Å². The molecule has 0 atom stereocenters. The van der Waals surface area contributed by atoms with Crippen LogP contribution in [-0.2, 0) is 6.42 Å². The molecule has 0 bridgehead atoms. The first kappa shape index (κ1) is 21.3. The van der Waals surface area contributed by atoms with Crippen LogP contribution in [-0.4, -0.2) is 44.0 Å². The molecule has 0 aliphatic carbocycles. The molecule has 1 aromatic heterocycles. The van der Waals surface area contributed by atoms with Crippen molar-refractivity contribution in [1.82, 2.24) is 15.0 Å². The van der Waals surface area contributed by atoms with Gasteiger partial charge in [-0.15, -0.1) is 17.5 Å². The smallest absolute Gasteiger partial charge is 0.113 e. The van der Waals surface area contributed by atoms with Crippen LogP contribution in [0, 0.1) is 0 Å². The fraction of sp³-hybridized carbons (Fsp3) is 0.263. The fourth-order valence-electron chi connectivity index (χ4n) is 2.56. The number of nitrogens with two attached hydrogens (primary N) is 1. The van der Waals surface area contributed by atoms with Crippen LogP contribution in [0.1, 0.15) is 12.0 Å². The van der Waals surface area contributed by atoms with Crippen molar-refractivity contribution in [3.05, 3.63) is 65.3 Å². The Morgan fingerprint density at radius 2 is 1.63 bits per heavy atom. The van der Waals surface area contributed by atoms with Crippen molar-refractivity contribution in [2.75, 3.05) is 13.2 Å². The van der Waals surface area contributed by atoms with Gasteiger partial charge in [0, 0.05) is 10.6 Å². The van der Waals surface area contributed by atoms with Gasteiger partial charge in [-0.05, 0) is 42.7 Å². The molecule has 0 aliphatic heterocycles. The number of aliphatic hydroxyl groups excluding tert-OH is 2. The van der Waals surface area contributed by atoms with Crippen molar-refractivity contribution >= 4 is 24.0 Å². The standard InChI is InChI=1S/C19H21ClN4O2.ClH/c20-16-5-7-17(8-6-16)24-11-18(22-23-24)15-3-1-14(2-4-15)9-10-19(21,12-25)13-26;/h1-8,11,25-26H,9-10,12-13,21H2;1H. The van der Waals surface area contributed by atoms with Crippen LogP contribution in [0.15, 0.2) is 54.7 Å². The average Bonchev–Trinajstić information content (AvgIpc) is 3.17. The Morgan fingerprint density at radius 1 is 1.00 bits per heavy atom. The van der Waals surface area contributed by atoms with Crippen LogP contribution in [0.25, 0.3) is 16.9 Å². The van der Waals surface area contributed by atoms with Crippen LogP contribution in [0.2, 0.25) is 5.02 Å². The highest BCUT2D eigenvalue weighted by molar-refractivity contribution is 6.30. The Kier molecular flexibility index (Phi) is 7.35. The molecule has 3 rings (SSSR count). The van der Waals surface area contributed by atoms with E-state index in [1.54, 1.807) is 4.68 Å². The van der Waals surface area contributed by atoms with E-state index in [4.69, 9.17) is 17.3 Å². The summed E-state index contributed by atoms with van der Waals surface area (Å²) in [6, 6.07) is 15.3. The highest BCUT2D eigenvalue weighted by Crippen LogP contribution is 2.20. The molecule has 0 saturated carbocycles. The van der Waals surface area contributed by atoms with Gasteiger partial charge in [-0.1, -0.05) is 41.1 Å². The third-order valence-corrected chi connectivity index (χ3v) is 4.63. The number of rotatable bonds is 7. The van der Waals surface area contributed by atoms with Crippen molar-refractivity contribution in [2.45, 2.75) is 18.4 Å². The lowest BCUT2D eigenvalue weighted by molar-refractivity contribution is 0.115. The first-order chi connectivity index (χ1) is 12.5. The molecule has 1 heterocycles. The van der Waals surface area contributed by atoms with Gasteiger partial charge in [0.15, 0.2) is 0 Å². The van der Waals surface area contributed by atoms with E-state index in [0.717, 1.165) is 22.5 Å². The second-order valence-electron chi connectivity index (χ2n) is 6.40. The third kappa shape index (κ3) is 5.28. The number of nitrogens with zero attached hydrogens (tertiary/aromatic N) is 3. The first-order valence-electron chi connectivity index (χ1n) is 8.31. The van der Waals surface area contributed by atoms with Crippen molar-refractivity contribution in [2.24, 2.45) is 5.73 Å². The van der Waals surface area contributed by atoms with E-state index < -0.39 is 5.54 Å². The number of aliphatic hydroxyl groups is 2. The number of benzene rings is 2. The normalized spacial score (nSPS) is 11.3. The largest absolute Gasteiger partial charge is 0.394 e. The zero-order valence-corrected chi connectivity index (χ0v) is 16.2. The molecule has 0 saturated heterocycles. The van der Waals surface area contributed by atoms with E-state index in [1.807, 2.05) is 54.7 Å². The molecule has 8 heteroatoms. The van der Waals surface area contributed by atoms with E-state index in [2.05, 4.69) is 10.3 Å². The summed E-state index contributed by atoms with van der Waals surface area (Å²) in [6.07, 6.45) is 3.04. The topological polar surface area (TPSA) is 97.2 Å². The summed E-state index contributed by atoms with van der Waals surface area (Å²) < 4.78 is 1.70. The Hall–Kier alpha value is -1.96. The monoisotopic (exact) mass is 408 g/mol. The SMILES string of the molecule is Cl.NC(CO)(CO)CCc1ccc(-c2cn(-c3ccc(Cl)cc3)nn2)cc1. The van der Waals surface area contributed by atoms with Gasteiger partial charge in [-0.2, -0.15) is 0 Å². The minimum absolute atomic E-state index is 0. The van der Waals surface area contributed by atoms with Gasteiger partial charge in [0.2, 0.25) is 0 Å². The molecule has 3 aromatic rings. The zero-order valence-electron chi connectivity index (χ0n) is 14.6. The van der Waals surface area contributed by atoms with Crippen LogP contribution in [0.5, 0.6) is 0 Å². The van der Waals surface area contributed by atoms with Crippen molar-refractivity contribution < 1.29 is 10.2 Å². The van der Waals surface area contributed by atoms with Crippen molar-refractivity contribution in [1.29, 1.82) is 0 Å². The maximum absolute atomic E-state index is 9.26. The van der Waals surface area contributed by atoms with E-state index >= 15 is 0 Å². The predicted octanol–water partition coefficient (Wildman–Crippen LogP) is 2.62. The molecule has 0 radical (unpaired) electrons. The highest BCUT2D eigenvalue weighted by Gasteiger charge is 2.22. The molecular weight excluding hydrogens is 387 g/mol. The maximum Gasteiger partial charge on any atom is 0.113 e. The minimum atomic E-state index is -0.944. The molecule has 0 amide bonds. The van der Waals surface area contributed by atoms with Gasteiger partial charge in [0.1, 0.15) is 5.69 Å². The Labute approximate surface area is 169 Å². The summed E-state index contributed by atoms with van der Waals surface area (Å²) >= 11 is 5.91. The van der Waals surface area contributed by atoms with Gasteiger partial charge in [0.25, 0.3) is 0 Å². The zero-order chi connectivity index (χ0) is 18.6. The molecule has 4 N–H and O–H groups in total. The van der Waals surface area contributed by atoms with Gasteiger partial charge in [-0.3, -0.25) is 0 Å². The average molecular weight is 409 g/mol. The summed E-state index contributed by atoms with van der Waals surface area (Å²) in [5.74, 6) is 0. The van der Waals surface area contributed by atoms with Gasteiger partial charge >= 0.3 is 0 Å². The molecular formula is C19H22Cl2N4O2. The Balaban J connectivity index is 0.00000261. The molecule has 144 valence electrons. The Morgan fingerprint density at radius 3 is 2.22 bits per heavy atom. The van der Waals surface area contributed by atoms with E-state index in [-0.39, 0.29) is 25.6 Å². The molecule has 2 aromatic carbocycles. The van der Waals surface area contributed by atoms with Crippen LogP contribution >= 0.6 is 24.0 Å². The molecule has 6 nitrogen and oxygen atoms in total. The summed E-state index contributed by atoms with van der Waals surface area (Å²) in [4.78, 5) is 0. The summed E-state index contributed by atoms with van der Waals surface area (Å²) in [7, 11) is 0. The molecule has 27 heavy (non-hydrogen) atoms. The second-order valence-corrected chi connectivity index (χ2v) is 6.84. The van der Waals surface area contributed by atoms with Crippen LogP contribution in [0.4, 0.5) is 0 Å². The molecule has 0 aliphatic rings. The van der Waals surface area contributed by atoms with E-state index in [9.17, 15) is 10.2 Å². The van der Waals surface area contributed by atoms with E-state index in [0.29, 0.717) is 17.9 Å². The van der Waals surface area contributed by atoms with Crippen molar-refractivity contribution in [3.8, 4) is 16.9 Å². The quantitative estimate of drug-likeness (QED) is 0.558. The molecule has 0 spiro atoms. The van der Waals surface area contributed by atoms with Gasteiger partial charge < -0.3 is 15.9 Å². The van der Waals surface area contributed by atoms with Crippen LogP contribution in [0.3, 0.4) is 0 Å². The molecule has 0 unspecified atom stereocenters. The first-order valence-corrected chi connectivity index (χ1v) is 8.69. The van der Waals surface area contributed by atoms with E-state index in [1.165, 1.54) is 0 Å². The number of aryl methyl sites for hydroxylation is 1. The number of halogens is 2. The maximum atomic E-state index is 9.26. The summed E-state index contributed by atoms with van der Waals surface area (Å²) in [6.45, 7) is -0.481. The number of aromatic nitrogens is 3. The fourth-order valence-corrected chi connectivity index (χ4v) is 2.69. The third-order valence-electron chi connectivity index (χ3n) is 4.38. The lowest BCUT2D eigenvalue weighted by atomic mass is 9.93. The number of hydrogen-bond acceptors (Lipinski definition) is 5. The lowest BCUT2D eigenvalue weighted by Gasteiger charge is -2.24. The number of hydrogen-bond donors (Lipinski definition) is 3. The van der Waals surface area contributed by atoms with Crippen molar-refractivity contribution in [3.63, 3.8) is 0 Å². The molecule has 0 fully saturated rings. The summed E-state index contributed by atoms with van der Waals surface area (Å²) in [5.41, 5.74) is 8.65. The van der Waals surface area contributed by atoms with Gasteiger partial charge in [0.05, 0.1) is 30.6 Å². The lowest BCUT2D eigenvalue weighted by Crippen LogP contribution is -2.47. The van der Waals surface area contributed by atoms with Crippen LogP contribution < -0.4 is 5.73 Å².